The van der Waals surface area contributed by atoms with E-state index in [0.29, 0.717) is 23.9 Å². The molecule has 3 nitrogen and oxygen atoms in total. The molecule has 0 radical (unpaired) electrons. The minimum absolute atomic E-state index is 0.174. The standard InChI is InChI=1S/C17H22N2OS/c18-17(21)14-3-1-2-12(8-14)10-19-16(20)9-15-7-11-4-5-13(15)6-11/h1-3,8,11,13,15H,4-7,9-10H2,(H2,18,21)(H,19,20). The highest BCUT2D eigenvalue weighted by Crippen LogP contribution is 2.49. The number of nitrogens with one attached hydrogen (secondary N) is 1. The molecule has 0 saturated heterocycles. The van der Waals surface area contributed by atoms with Crippen LogP contribution in [-0.4, -0.2) is 10.9 Å². The number of nitrogens with two attached hydrogens (primary N) is 1. The first-order valence-electron chi connectivity index (χ1n) is 7.77. The first-order valence-corrected chi connectivity index (χ1v) is 8.18. The molecule has 3 rings (SSSR count). The van der Waals surface area contributed by atoms with Crippen molar-refractivity contribution in [3.63, 3.8) is 0 Å². The van der Waals surface area contributed by atoms with Crippen LogP contribution < -0.4 is 11.1 Å². The summed E-state index contributed by atoms with van der Waals surface area (Å²) in [6, 6.07) is 7.74. The molecule has 21 heavy (non-hydrogen) atoms. The summed E-state index contributed by atoms with van der Waals surface area (Å²) >= 11 is 4.97. The van der Waals surface area contributed by atoms with Gasteiger partial charge in [-0.1, -0.05) is 36.8 Å². The monoisotopic (exact) mass is 302 g/mol. The third-order valence-electron chi connectivity index (χ3n) is 5.03. The predicted molar refractivity (Wildman–Crippen MR) is 87.7 cm³/mol. The molecule has 3 unspecified atom stereocenters. The second-order valence-corrected chi connectivity index (χ2v) is 6.92. The fourth-order valence-corrected chi connectivity index (χ4v) is 4.10. The minimum atomic E-state index is 0.174. The quantitative estimate of drug-likeness (QED) is 0.822. The molecule has 4 heteroatoms. The van der Waals surface area contributed by atoms with Crippen LogP contribution in [0, 0.1) is 17.8 Å². The molecule has 3 N–H and O–H groups in total. The molecule has 0 heterocycles. The van der Waals surface area contributed by atoms with Crippen molar-refractivity contribution in [2.45, 2.75) is 38.6 Å². The molecule has 0 aliphatic heterocycles. The summed E-state index contributed by atoms with van der Waals surface area (Å²) in [6.45, 7) is 0.552. The normalized spacial score (nSPS) is 26.8. The van der Waals surface area contributed by atoms with Crippen LogP contribution in [0.25, 0.3) is 0 Å². The van der Waals surface area contributed by atoms with Crippen molar-refractivity contribution < 1.29 is 4.79 Å². The third kappa shape index (κ3) is 3.43. The van der Waals surface area contributed by atoms with E-state index in [9.17, 15) is 4.79 Å². The first kappa shape index (κ1) is 14.5. The summed E-state index contributed by atoms with van der Waals surface area (Å²) in [4.78, 5) is 12.5. The van der Waals surface area contributed by atoms with Gasteiger partial charge in [0.1, 0.15) is 4.99 Å². The minimum Gasteiger partial charge on any atom is -0.389 e. The number of hydrogen-bond donors (Lipinski definition) is 2. The number of carbonyl (C=O) groups is 1. The van der Waals surface area contributed by atoms with Gasteiger partial charge in [-0.25, -0.2) is 0 Å². The van der Waals surface area contributed by atoms with Gasteiger partial charge in [-0.15, -0.1) is 0 Å². The van der Waals surface area contributed by atoms with Gasteiger partial charge < -0.3 is 11.1 Å². The molecular weight excluding hydrogens is 280 g/mol. The van der Waals surface area contributed by atoms with Crippen molar-refractivity contribution in [1.82, 2.24) is 5.32 Å². The number of benzene rings is 1. The molecule has 2 aliphatic carbocycles. The van der Waals surface area contributed by atoms with Crippen molar-refractivity contribution in [1.29, 1.82) is 0 Å². The van der Waals surface area contributed by atoms with Crippen LogP contribution in [-0.2, 0) is 11.3 Å². The SMILES string of the molecule is NC(=S)c1cccc(CNC(=O)CC2CC3CCC2C3)c1. The van der Waals surface area contributed by atoms with Crippen molar-refractivity contribution >= 4 is 23.1 Å². The molecule has 0 spiro atoms. The van der Waals surface area contributed by atoms with Gasteiger partial charge >= 0.3 is 0 Å². The average molecular weight is 302 g/mol. The molecule has 112 valence electrons. The summed E-state index contributed by atoms with van der Waals surface area (Å²) in [7, 11) is 0. The van der Waals surface area contributed by atoms with Crippen LogP contribution >= 0.6 is 12.2 Å². The third-order valence-corrected chi connectivity index (χ3v) is 5.27. The van der Waals surface area contributed by atoms with Crippen LogP contribution in [0.2, 0.25) is 0 Å². The summed E-state index contributed by atoms with van der Waals surface area (Å²) < 4.78 is 0. The first-order chi connectivity index (χ1) is 10.1. The second kappa shape index (κ2) is 6.14. The average Bonchev–Trinajstić information content (AvgIpc) is 3.08. The van der Waals surface area contributed by atoms with Crippen molar-refractivity contribution in [3.8, 4) is 0 Å². The maximum absolute atomic E-state index is 12.1. The second-order valence-electron chi connectivity index (χ2n) is 6.48. The van der Waals surface area contributed by atoms with Crippen LogP contribution in [0.3, 0.4) is 0 Å². The highest BCUT2D eigenvalue weighted by atomic mass is 32.1. The summed E-state index contributed by atoms with van der Waals surface area (Å²) in [5.41, 5.74) is 7.52. The largest absolute Gasteiger partial charge is 0.389 e. The van der Waals surface area contributed by atoms with E-state index in [2.05, 4.69) is 5.32 Å². The van der Waals surface area contributed by atoms with E-state index in [4.69, 9.17) is 18.0 Å². The Morgan fingerprint density at radius 3 is 2.86 bits per heavy atom. The molecule has 0 aromatic heterocycles. The fourth-order valence-electron chi connectivity index (χ4n) is 3.97. The lowest BCUT2D eigenvalue weighted by Crippen LogP contribution is -2.27. The Morgan fingerprint density at radius 2 is 2.19 bits per heavy atom. The van der Waals surface area contributed by atoms with Crippen LogP contribution in [0.4, 0.5) is 0 Å². The van der Waals surface area contributed by atoms with Crippen molar-refractivity contribution in [2.75, 3.05) is 0 Å². The molecule has 3 atom stereocenters. The Morgan fingerprint density at radius 1 is 1.33 bits per heavy atom. The zero-order valence-corrected chi connectivity index (χ0v) is 13.0. The van der Waals surface area contributed by atoms with E-state index >= 15 is 0 Å². The number of hydrogen-bond acceptors (Lipinski definition) is 2. The van der Waals surface area contributed by atoms with Gasteiger partial charge in [0.25, 0.3) is 0 Å². The number of carbonyl (C=O) groups excluding carboxylic acids is 1. The van der Waals surface area contributed by atoms with E-state index in [1.807, 2.05) is 24.3 Å². The summed E-state index contributed by atoms with van der Waals surface area (Å²) in [5.74, 6) is 2.49. The van der Waals surface area contributed by atoms with E-state index in [1.54, 1.807) is 0 Å². The highest BCUT2D eigenvalue weighted by Gasteiger charge is 2.39. The van der Waals surface area contributed by atoms with Gasteiger partial charge in [0.2, 0.25) is 5.91 Å². The Bertz CT molecular complexity index is 557. The fraction of sp³-hybridized carbons (Fsp3) is 0.529. The van der Waals surface area contributed by atoms with Gasteiger partial charge in [0.15, 0.2) is 0 Å². The van der Waals surface area contributed by atoms with Gasteiger partial charge in [-0.3, -0.25) is 4.79 Å². The van der Waals surface area contributed by atoms with Gasteiger partial charge in [-0.2, -0.15) is 0 Å². The maximum atomic E-state index is 12.1. The zero-order chi connectivity index (χ0) is 14.8. The lowest BCUT2D eigenvalue weighted by molar-refractivity contribution is -0.122. The summed E-state index contributed by atoms with van der Waals surface area (Å²) in [6.07, 6.45) is 6.02. The van der Waals surface area contributed by atoms with Gasteiger partial charge in [0.05, 0.1) is 0 Å². The van der Waals surface area contributed by atoms with Gasteiger partial charge in [-0.05, 0) is 48.6 Å². The van der Waals surface area contributed by atoms with Crippen LogP contribution in [0.15, 0.2) is 24.3 Å². The number of thiocarbonyl (C=S) groups is 1. The maximum Gasteiger partial charge on any atom is 0.220 e. The molecular formula is C17H22N2OS. The molecule has 1 amide bonds. The van der Waals surface area contributed by atoms with Crippen LogP contribution in [0.1, 0.15) is 43.2 Å². The van der Waals surface area contributed by atoms with Gasteiger partial charge in [0, 0.05) is 18.5 Å². The molecule has 1 aromatic carbocycles. The topological polar surface area (TPSA) is 55.1 Å². The lowest BCUT2D eigenvalue weighted by Gasteiger charge is -2.20. The molecule has 1 aromatic rings. The Kier molecular flexibility index (Phi) is 4.24. The number of fused-ring (bicyclic) bond motifs is 2. The Balaban J connectivity index is 1.49. The Labute approximate surface area is 131 Å². The summed E-state index contributed by atoms with van der Waals surface area (Å²) in [5, 5.41) is 3.03. The smallest absolute Gasteiger partial charge is 0.220 e. The van der Waals surface area contributed by atoms with Crippen molar-refractivity contribution in [2.24, 2.45) is 23.5 Å². The molecule has 2 fully saturated rings. The molecule has 2 saturated carbocycles. The molecule has 2 bridgehead atoms. The zero-order valence-electron chi connectivity index (χ0n) is 12.2. The van der Waals surface area contributed by atoms with Crippen molar-refractivity contribution in [3.05, 3.63) is 35.4 Å². The van der Waals surface area contributed by atoms with E-state index in [1.165, 1.54) is 25.7 Å². The van der Waals surface area contributed by atoms with E-state index < -0.39 is 0 Å². The van der Waals surface area contributed by atoms with E-state index in [-0.39, 0.29) is 5.91 Å². The predicted octanol–water partition coefficient (Wildman–Crippen LogP) is 2.76. The highest BCUT2D eigenvalue weighted by molar-refractivity contribution is 7.80. The van der Waals surface area contributed by atoms with E-state index in [0.717, 1.165) is 23.0 Å². The van der Waals surface area contributed by atoms with Crippen LogP contribution in [0.5, 0.6) is 0 Å². The number of rotatable bonds is 5. The number of amides is 1. The lowest BCUT2D eigenvalue weighted by atomic mass is 9.86. The molecule has 2 aliphatic rings. The Hall–Kier alpha value is -1.42.